The van der Waals surface area contributed by atoms with Crippen molar-refractivity contribution in [3.05, 3.63) is 24.2 Å². The van der Waals surface area contributed by atoms with E-state index >= 15 is 0 Å². The summed E-state index contributed by atoms with van der Waals surface area (Å²) >= 11 is 0. The number of nitrogens with zero attached hydrogens (tertiary/aromatic N) is 2. The number of methoxy groups -OCH3 is 1. The van der Waals surface area contributed by atoms with E-state index < -0.39 is 0 Å². The number of aliphatic imine (C=N–C) groups is 1. The topological polar surface area (TPSA) is 71.3 Å². The molecule has 150 valence electrons. The second-order valence-electron chi connectivity index (χ2n) is 6.03. The van der Waals surface area contributed by atoms with Gasteiger partial charge >= 0.3 is 0 Å². The van der Waals surface area contributed by atoms with Crippen molar-refractivity contribution in [2.45, 2.75) is 25.8 Å². The zero-order valence-corrected chi connectivity index (χ0v) is 18.2. The number of likely N-dealkylation sites (tertiary alicyclic amines) is 1. The summed E-state index contributed by atoms with van der Waals surface area (Å²) in [5, 5.41) is 6.60. The predicted octanol–water partition coefficient (Wildman–Crippen LogP) is 2.25. The maximum atomic E-state index is 5.65. The molecule has 7 nitrogen and oxygen atoms in total. The van der Waals surface area contributed by atoms with Crippen LogP contribution in [0.5, 0.6) is 0 Å². The van der Waals surface area contributed by atoms with Gasteiger partial charge in [0.1, 0.15) is 5.76 Å². The van der Waals surface area contributed by atoms with Crippen molar-refractivity contribution in [1.29, 1.82) is 0 Å². The Morgan fingerprint density at radius 1 is 1.27 bits per heavy atom. The number of halogens is 1. The first-order chi connectivity index (χ1) is 12.3. The quantitative estimate of drug-likeness (QED) is 0.219. The van der Waals surface area contributed by atoms with E-state index in [9.17, 15) is 0 Å². The molecule has 26 heavy (non-hydrogen) atoms. The normalized spacial score (nSPS) is 16.3. The van der Waals surface area contributed by atoms with E-state index in [4.69, 9.17) is 18.9 Å². The summed E-state index contributed by atoms with van der Waals surface area (Å²) in [4.78, 5) is 7.22. The number of rotatable bonds is 11. The Morgan fingerprint density at radius 3 is 2.73 bits per heavy atom. The maximum absolute atomic E-state index is 5.65. The molecule has 1 aliphatic heterocycles. The highest BCUT2D eigenvalue weighted by Gasteiger charge is 2.25. The van der Waals surface area contributed by atoms with Gasteiger partial charge in [0.15, 0.2) is 5.96 Å². The van der Waals surface area contributed by atoms with E-state index in [1.54, 1.807) is 13.4 Å². The van der Waals surface area contributed by atoms with Crippen molar-refractivity contribution < 1.29 is 13.9 Å². The van der Waals surface area contributed by atoms with Gasteiger partial charge in [-0.25, -0.2) is 0 Å². The highest BCUT2D eigenvalue weighted by atomic mass is 127. The van der Waals surface area contributed by atoms with Gasteiger partial charge in [0.05, 0.1) is 38.7 Å². The lowest BCUT2D eigenvalue weighted by atomic mass is 10.2. The second kappa shape index (κ2) is 14.2. The number of guanidine groups is 1. The van der Waals surface area contributed by atoms with Crippen LogP contribution in [-0.2, 0) is 9.47 Å². The molecule has 0 saturated carbocycles. The smallest absolute Gasteiger partial charge is 0.191 e. The van der Waals surface area contributed by atoms with Gasteiger partial charge in [-0.1, -0.05) is 0 Å². The van der Waals surface area contributed by atoms with Crippen LogP contribution in [-0.4, -0.2) is 70.5 Å². The van der Waals surface area contributed by atoms with Gasteiger partial charge in [-0.15, -0.1) is 24.0 Å². The van der Waals surface area contributed by atoms with Crippen molar-refractivity contribution in [1.82, 2.24) is 15.5 Å². The Bertz CT molecular complexity index is 479. The SMILES string of the molecule is CCNC(=NCC(c1ccco1)N1CCCC1)NCCOCCOC.I. The lowest BCUT2D eigenvalue weighted by Crippen LogP contribution is -2.40. The Balaban J connectivity index is 0.00000338. The molecule has 8 heteroatoms. The minimum atomic E-state index is 0. The number of ether oxygens (including phenoxy) is 2. The van der Waals surface area contributed by atoms with Gasteiger partial charge in [0.25, 0.3) is 0 Å². The molecule has 1 aromatic heterocycles. The van der Waals surface area contributed by atoms with E-state index in [1.807, 2.05) is 12.1 Å². The Labute approximate surface area is 173 Å². The van der Waals surface area contributed by atoms with Crippen molar-refractivity contribution in [3.63, 3.8) is 0 Å². The Morgan fingerprint density at radius 2 is 2.08 bits per heavy atom. The second-order valence-corrected chi connectivity index (χ2v) is 6.03. The van der Waals surface area contributed by atoms with Crippen molar-refractivity contribution in [3.8, 4) is 0 Å². The third-order valence-electron chi connectivity index (χ3n) is 4.19. The van der Waals surface area contributed by atoms with E-state index in [-0.39, 0.29) is 30.0 Å². The van der Waals surface area contributed by atoms with Crippen LogP contribution in [0.15, 0.2) is 27.8 Å². The van der Waals surface area contributed by atoms with E-state index in [2.05, 4.69) is 22.5 Å². The molecule has 1 atom stereocenters. The van der Waals surface area contributed by atoms with Gasteiger partial charge in [-0.05, 0) is 45.0 Å². The molecule has 0 bridgehead atoms. The molecule has 0 radical (unpaired) electrons. The summed E-state index contributed by atoms with van der Waals surface area (Å²) in [6.07, 6.45) is 4.24. The van der Waals surface area contributed by atoms with Crippen LogP contribution in [0.2, 0.25) is 0 Å². The minimum absolute atomic E-state index is 0. The molecule has 2 heterocycles. The first-order valence-corrected chi connectivity index (χ1v) is 9.21. The largest absolute Gasteiger partial charge is 0.468 e. The zero-order chi connectivity index (χ0) is 17.7. The summed E-state index contributed by atoms with van der Waals surface area (Å²) in [5.41, 5.74) is 0. The van der Waals surface area contributed by atoms with Crippen LogP contribution in [0.4, 0.5) is 0 Å². The molecule has 2 N–H and O–H groups in total. The molecular formula is C18H33IN4O3. The number of hydrogen-bond donors (Lipinski definition) is 2. The van der Waals surface area contributed by atoms with Crippen molar-refractivity contribution in [2.75, 3.05) is 59.7 Å². The van der Waals surface area contributed by atoms with Gasteiger partial charge in [-0.3, -0.25) is 9.89 Å². The van der Waals surface area contributed by atoms with Crippen LogP contribution in [0.3, 0.4) is 0 Å². The number of nitrogens with one attached hydrogen (secondary N) is 2. The van der Waals surface area contributed by atoms with E-state index in [0.717, 1.165) is 31.4 Å². The average Bonchev–Trinajstić information content (AvgIpc) is 3.32. The molecule has 0 amide bonds. The lowest BCUT2D eigenvalue weighted by Gasteiger charge is -2.24. The molecule has 1 unspecified atom stereocenters. The summed E-state index contributed by atoms with van der Waals surface area (Å²) in [5.74, 6) is 1.80. The number of hydrogen-bond acceptors (Lipinski definition) is 5. The van der Waals surface area contributed by atoms with Gasteiger partial charge < -0.3 is 24.5 Å². The van der Waals surface area contributed by atoms with Crippen LogP contribution in [0.1, 0.15) is 31.6 Å². The first kappa shape index (κ1) is 23.2. The minimum Gasteiger partial charge on any atom is -0.468 e. The van der Waals surface area contributed by atoms with Crippen molar-refractivity contribution >= 4 is 29.9 Å². The Hall–Kier alpha value is -0.840. The third kappa shape index (κ3) is 8.24. The molecular weight excluding hydrogens is 447 g/mol. The molecule has 0 spiro atoms. The van der Waals surface area contributed by atoms with Gasteiger partial charge in [0.2, 0.25) is 0 Å². The maximum Gasteiger partial charge on any atom is 0.191 e. The molecule has 0 aromatic carbocycles. The highest BCUT2D eigenvalue weighted by Crippen LogP contribution is 2.25. The number of furan rings is 1. The fourth-order valence-electron chi connectivity index (χ4n) is 2.92. The molecule has 1 aliphatic rings. The van der Waals surface area contributed by atoms with Crippen LogP contribution in [0.25, 0.3) is 0 Å². The molecule has 0 aliphatic carbocycles. The van der Waals surface area contributed by atoms with E-state index in [1.165, 1.54) is 12.8 Å². The summed E-state index contributed by atoms with van der Waals surface area (Å²) < 4.78 is 16.1. The van der Waals surface area contributed by atoms with Crippen molar-refractivity contribution in [2.24, 2.45) is 4.99 Å². The monoisotopic (exact) mass is 480 g/mol. The average molecular weight is 480 g/mol. The van der Waals surface area contributed by atoms with Crippen LogP contribution < -0.4 is 10.6 Å². The zero-order valence-electron chi connectivity index (χ0n) is 15.9. The lowest BCUT2D eigenvalue weighted by molar-refractivity contribution is 0.0733. The molecule has 2 rings (SSSR count). The molecule has 1 saturated heterocycles. The van der Waals surface area contributed by atoms with Gasteiger partial charge in [0, 0.05) is 20.2 Å². The summed E-state index contributed by atoms with van der Waals surface area (Å²) in [7, 11) is 1.67. The summed E-state index contributed by atoms with van der Waals surface area (Å²) in [6, 6.07) is 4.19. The van der Waals surface area contributed by atoms with Gasteiger partial charge in [-0.2, -0.15) is 0 Å². The fraction of sp³-hybridized carbons (Fsp3) is 0.722. The molecule has 1 aromatic rings. The van der Waals surface area contributed by atoms with Crippen LogP contribution in [0, 0.1) is 0 Å². The summed E-state index contributed by atoms with van der Waals surface area (Å²) in [6.45, 7) is 8.36. The molecule has 1 fully saturated rings. The Kier molecular flexibility index (Phi) is 12.7. The third-order valence-corrected chi connectivity index (χ3v) is 4.19. The fourth-order valence-corrected chi connectivity index (χ4v) is 2.92. The van der Waals surface area contributed by atoms with Crippen LogP contribution >= 0.6 is 24.0 Å². The first-order valence-electron chi connectivity index (χ1n) is 9.21. The highest BCUT2D eigenvalue weighted by molar-refractivity contribution is 14.0. The van der Waals surface area contributed by atoms with E-state index in [0.29, 0.717) is 32.9 Å². The standard InChI is InChI=1S/C18H32N4O3.HI/c1-3-19-18(20-8-12-24-14-13-23-2)21-15-16(17-7-6-11-25-17)22-9-4-5-10-22;/h6-7,11,16H,3-5,8-10,12-15H2,1-2H3,(H2,19,20,21);1H. The predicted molar refractivity (Wildman–Crippen MR) is 114 cm³/mol.